The van der Waals surface area contributed by atoms with Crippen LogP contribution < -0.4 is 16.2 Å². The fourth-order valence-corrected chi connectivity index (χ4v) is 4.22. The Labute approximate surface area is 285 Å². The molecule has 1 unspecified atom stereocenters. The van der Waals surface area contributed by atoms with Gasteiger partial charge >= 0.3 is 0 Å². The highest BCUT2D eigenvalue weighted by atomic mass is 32.2. The summed E-state index contributed by atoms with van der Waals surface area (Å²) >= 11 is 0. The molecular weight excluding hydrogens is 607 g/mol. The molecule has 0 aromatic heterocycles. The lowest BCUT2D eigenvalue weighted by molar-refractivity contribution is -0.122. The first kappa shape index (κ1) is 45.3. The summed E-state index contributed by atoms with van der Waals surface area (Å²) in [6, 6.07) is 18.0. The number of hydrogen-bond donors (Lipinski definition) is 1. The molecule has 0 saturated heterocycles. The highest BCUT2D eigenvalue weighted by molar-refractivity contribution is 7.94. The summed E-state index contributed by atoms with van der Waals surface area (Å²) in [4.78, 5) is 32.4. The Morgan fingerprint density at radius 2 is 1.51 bits per heavy atom. The van der Waals surface area contributed by atoms with Crippen molar-refractivity contribution < 1.29 is 22.8 Å². The molecule has 7 heteroatoms. The van der Waals surface area contributed by atoms with E-state index in [0.717, 1.165) is 42.5 Å². The Bertz CT molecular complexity index is 1490. The van der Waals surface area contributed by atoms with E-state index in [2.05, 4.69) is 44.3 Å². The molecule has 3 rings (SSSR count). The third kappa shape index (κ3) is 24.1. The fourth-order valence-electron chi connectivity index (χ4n) is 3.90. The number of rotatable bonds is 8. The number of carbonyl (C=O) groups excluding carboxylic acids is 3. The van der Waals surface area contributed by atoms with Gasteiger partial charge in [0, 0.05) is 35.5 Å². The van der Waals surface area contributed by atoms with Crippen LogP contribution in [0, 0.1) is 5.92 Å². The minimum atomic E-state index is -3.01. The standard InChI is InChI=1S/C12H15NO.C8H12O2S.C8H14O.C8H10.C4H8O/c1-3-6-11(12(13)14)10-8-5-4-7-9(10)2;1-4-5-6-7-8(2)11(3,9)10;1-7-5-3-2-4-6-8(7)9;1-2-8-6-4-3-5-7-8;1-3-4(2)5/h4-5,7-8H,2-3,6H2,1H3,(H2,13,14);4-7H,1H2,2-3H3;7H,2-6H2,1H3;3-7H,2H2,1H3;3H2,1-2H3/b11-10+;6-5-,8-7+;;;. The van der Waals surface area contributed by atoms with Crippen molar-refractivity contribution in [3.63, 3.8) is 0 Å². The summed E-state index contributed by atoms with van der Waals surface area (Å²) in [5.74, 6) is 0.743. The molecule has 0 bridgehead atoms. The highest BCUT2D eigenvalue weighted by Crippen LogP contribution is 2.18. The molecule has 2 aromatic carbocycles. The van der Waals surface area contributed by atoms with Crippen LogP contribution in [0.25, 0.3) is 12.2 Å². The average Bonchev–Trinajstić information content (AvgIpc) is 3.23. The molecule has 1 aliphatic rings. The predicted octanol–water partition coefficient (Wildman–Crippen LogP) is 7.60. The highest BCUT2D eigenvalue weighted by Gasteiger charge is 2.14. The van der Waals surface area contributed by atoms with Crippen LogP contribution in [0.15, 0.2) is 90.4 Å². The van der Waals surface area contributed by atoms with Gasteiger partial charge in [0.2, 0.25) is 5.91 Å². The van der Waals surface area contributed by atoms with Crippen LogP contribution >= 0.6 is 0 Å². The summed E-state index contributed by atoms with van der Waals surface area (Å²) in [5.41, 5.74) is 7.41. The molecule has 0 spiro atoms. The number of allylic oxidation sites excluding steroid dienone is 5. The van der Waals surface area contributed by atoms with Gasteiger partial charge < -0.3 is 10.5 Å². The van der Waals surface area contributed by atoms with Gasteiger partial charge in [0.25, 0.3) is 0 Å². The van der Waals surface area contributed by atoms with Gasteiger partial charge in [-0.3, -0.25) is 9.59 Å². The molecule has 6 nitrogen and oxygen atoms in total. The number of primary amides is 1. The van der Waals surface area contributed by atoms with Crippen LogP contribution in [0.3, 0.4) is 0 Å². The molecule has 1 amide bonds. The number of aryl methyl sites for hydroxylation is 1. The SMILES string of the molecule is C=C/C=C\C=C(/C)S(C)(=O)=O.C=c1cccc/c1=C(/CCC)C(N)=O.CC1CCCCCC1=O.CCC(C)=O.CCc1ccccc1. The van der Waals surface area contributed by atoms with E-state index in [0.29, 0.717) is 35.0 Å². The lowest BCUT2D eigenvalue weighted by Gasteiger charge is -2.02. The Morgan fingerprint density at radius 1 is 0.936 bits per heavy atom. The van der Waals surface area contributed by atoms with Crippen LogP contribution in [0.2, 0.25) is 0 Å². The molecular formula is C40H59NO5S. The molecule has 1 fully saturated rings. The van der Waals surface area contributed by atoms with Crippen LogP contribution in [0.1, 0.15) is 98.5 Å². The molecule has 2 N–H and O–H groups in total. The normalized spacial score (nSPS) is 15.0. The topological polar surface area (TPSA) is 111 Å². The Hall–Kier alpha value is -3.84. The first-order chi connectivity index (χ1) is 22.2. The van der Waals surface area contributed by atoms with Crippen molar-refractivity contribution in [2.75, 3.05) is 6.26 Å². The number of carbonyl (C=O) groups is 3. The molecule has 0 aliphatic heterocycles. The number of sulfone groups is 1. The number of benzene rings is 2. The molecule has 47 heavy (non-hydrogen) atoms. The van der Waals surface area contributed by atoms with Gasteiger partial charge in [-0.15, -0.1) is 0 Å². The third-order valence-electron chi connectivity index (χ3n) is 7.16. The molecule has 260 valence electrons. The van der Waals surface area contributed by atoms with E-state index in [4.69, 9.17) is 5.73 Å². The molecule has 0 heterocycles. The Balaban J connectivity index is 0. The Kier molecular flexibility index (Phi) is 26.3. The molecule has 1 atom stereocenters. The van der Waals surface area contributed by atoms with E-state index in [1.165, 1.54) is 30.7 Å². The van der Waals surface area contributed by atoms with Crippen molar-refractivity contribution in [1.29, 1.82) is 0 Å². The van der Waals surface area contributed by atoms with Crippen molar-refractivity contribution >= 4 is 39.5 Å². The van der Waals surface area contributed by atoms with Crippen molar-refractivity contribution in [2.24, 2.45) is 11.7 Å². The summed E-state index contributed by atoms with van der Waals surface area (Å²) in [6.45, 7) is 18.6. The summed E-state index contributed by atoms with van der Waals surface area (Å²) in [6.07, 6.45) is 16.7. The predicted molar refractivity (Wildman–Crippen MR) is 201 cm³/mol. The molecule has 1 aliphatic carbocycles. The smallest absolute Gasteiger partial charge is 0.245 e. The van der Waals surface area contributed by atoms with Crippen LogP contribution in [-0.4, -0.2) is 32.1 Å². The van der Waals surface area contributed by atoms with Gasteiger partial charge in [-0.2, -0.15) is 0 Å². The van der Waals surface area contributed by atoms with Gasteiger partial charge in [-0.05, 0) is 61.6 Å². The van der Waals surface area contributed by atoms with Crippen molar-refractivity contribution in [2.45, 2.75) is 99.3 Å². The first-order valence-corrected chi connectivity index (χ1v) is 18.3. The zero-order valence-corrected chi connectivity index (χ0v) is 30.7. The molecule has 0 radical (unpaired) electrons. The molecule has 2 aromatic rings. The minimum Gasteiger partial charge on any atom is -0.366 e. The number of amides is 1. The van der Waals surface area contributed by atoms with E-state index in [1.54, 1.807) is 32.1 Å². The second-order valence-electron chi connectivity index (χ2n) is 11.3. The lowest BCUT2D eigenvalue weighted by atomic mass is 10.0. The number of Topliss-reactive ketones (excluding diaryl/α,β-unsaturated/α-hetero) is 2. The van der Waals surface area contributed by atoms with Crippen LogP contribution in [0.5, 0.6) is 0 Å². The maximum absolute atomic E-state index is 11.2. The zero-order chi connectivity index (χ0) is 36.3. The average molecular weight is 666 g/mol. The quantitative estimate of drug-likeness (QED) is 0.231. The van der Waals surface area contributed by atoms with Crippen molar-refractivity contribution in [3.8, 4) is 0 Å². The maximum Gasteiger partial charge on any atom is 0.245 e. The van der Waals surface area contributed by atoms with Crippen LogP contribution in [0.4, 0.5) is 0 Å². The number of nitrogens with two attached hydrogens (primary N) is 1. The monoisotopic (exact) mass is 665 g/mol. The third-order valence-corrected chi connectivity index (χ3v) is 8.47. The van der Waals surface area contributed by atoms with Crippen molar-refractivity contribution in [3.05, 3.63) is 106 Å². The summed E-state index contributed by atoms with van der Waals surface area (Å²) in [7, 11) is -3.01. The maximum atomic E-state index is 11.2. The number of hydrogen-bond acceptors (Lipinski definition) is 5. The number of ketones is 2. The van der Waals surface area contributed by atoms with E-state index >= 15 is 0 Å². The lowest BCUT2D eigenvalue weighted by Crippen LogP contribution is -2.30. The minimum absolute atomic E-state index is 0.255. The van der Waals surface area contributed by atoms with E-state index in [1.807, 2.05) is 51.1 Å². The van der Waals surface area contributed by atoms with Crippen LogP contribution in [-0.2, 0) is 30.6 Å². The van der Waals surface area contributed by atoms with E-state index in [-0.39, 0.29) is 11.7 Å². The van der Waals surface area contributed by atoms with Gasteiger partial charge in [0.15, 0.2) is 9.84 Å². The Morgan fingerprint density at radius 3 is 1.96 bits per heavy atom. The first-order valence-electron chi connectivity index (χ1n) is 16.4. The van der Waals surface area contributed by atoms with Gasteiger partial charge in [0.05, 0.1) is 0 Å². The van der Waals surface area contributed by atoms with Gasteiger partial charge in [0.1, 0.15) is 11.6 Å². The van der Waals surface area contributed by atoms with Gasteiger partial charge in [-0.25, -0.2) is 8.42 Å². The zero-order valence-electron chi connectivity index (χ0n) is 29.9. The summed E-state index contributed by atoms with van der Waals surface area (Å²) in [5, 5.41) is 1.73. The second-order valence-corrected chi connectivity index (χ2v) is 13.5. The van der Waals surface area contributed by atoms with Crippen molar-refractivity contribution in [1.82, 2.24) is 0 Å². The fraction of sp³-hybridized carbons (Fsp3) is 0.425. The van der Waals surface area contributed by atoms with E-state index < -0.39 is 9.84 Å². The summed E-state index contributed by atoms with van der Waals surface area (Å²) < 4.78 is 21.6. The largest absolute Gasteiger partial charge is 0.366 e. The van der Waals surface area contributed by atoms with E-state index in [9.17, 15) is 22.8 Å². The van der Waals surface area contributed by atoms with Gasteiger partial charge in [-0.1, -0.05) is 133 Å². The second kappa shape index (κ2) is 27.3. The molecule has 1 saturated carbocycles.